The molecule has 2 amide bonds. The molecule has 6 heteroatoms. The maximum absolute atomic E-state index is 11.8. The molecule has 2 fully saturated rings. The lowest BCUT2D eigenvalue weighted by atomic mass is 10.2. The molecule has 2 aliphatic rings. The first-order valence-corrected chi connectivity index (χ1v) is 5.69. The maximum atomic E-state index is 11.8. The van der Waals surface area contributed by atoms with Gasteiger partial charge < -0.3 is 15.5 Å². The van der Waals surface area contributed by atoms with Gasteiger partial charge in [0.1, 0.15) is 6.04 Å². The summed E-state index contributed by atoms with van der Waals surface area (Å²) in [5.74, 6) is 0.631. The Balaban J connectivity index is 1.90. The molecular weight excluding hydrogens is 202 g/mol. The van der Waals surface area contributed by atoms with Crippen LogP contribution in [0.5, 0.6) is 0 Å². The zero-order valence-electron chi connectivity index (χ0n) is 7.78. The highest BCUT2D eigenvalue weighted by atomic mass is 32.2. The molecule has 78 valence electrons. The summed E-state index contributed by atoms with van der Waals surface area (Å²) in [5.41, 5.74) is 0. The van der Waals surface area contributed by atoms with Crippen LogP contribution in [0.2, 0.25) is 0 Å². The van der Waals surface area contributed by atoms with Crippen LogP contribution in [0.3, 0.4) is 0 Å². The molecule has 0 spiro atoms. The van der Waals surface area contributed by atoms with Crippen molar-refractivity contribution in [2.24, 2.45) is 0 Å². The van der Waals surface area contributed by atoms with E-state index in [1.807, 2.05) is 4.90 Å². The van der Waals surface area contributed by atoms with Gasteiger partial charge in [-0.3, -0.25) is 9.59 Å². The Hall–Kier alpha value is -0.750. The lowest BCUT2D eigenvalue weighted by Crippen LogP contribution is -2.52. The van der Waals surface area contributed by atoms with E-state index in [0.717, 1.165) is 26.2 Å². The molecule has 0 radical (unpaired) electrons. The van der Waals surface area contributed by atoms with E-state index >= 15 is 0 Å². The van der Waals surface area contributed by atoms with Crippen LogP contribution in [0.25, 0.3) is 0 Å². The van der Waals surface area contributed by atoms with E-state index in [9.17, 15) is 9.59 Å². The van der Waals surface area contributed by atoms with Gasteiger partial charge >= 0.3 is 0 Å². The lowest BCUT2D eigenvalue weighted by Gasteiger charge is -2.29. The normalized spacial score (nSPS) is 27.6. The average Bonchev–Trinajstić information content (AvgIpc) is 2.65. The van der Waals surface area contributed by atoms with Gasteiger partial charge in [-0.25, -0.2) is 0 Å². The van der Waals surface area contributed by atoms with Gasteiger partial charge in [0.2, 0.25) is 5.91 Å². The number of carbonyl (C=O) groups is 2. The van der Waals surface area contributed by atoms with E-state index in [2.05, 4.69) is 10.6 Å². The van der Waals surface area contributed by atoms with E-state index in [1.165, 1.54) is 11.8 Å². The number of piperazine rings is 1. The van der Waals surface area contributed by atoms with Crippen LogP contribution in [0, 0.1) is 0 Å². The fourth-order valence-corrected chi connectivity index (χ4v) is 2.39. The van der Waals surface area contributed by atoms with Crippen LogP contribution in [0.15, 0.2) is 0 Å². The van der Waals surface area contributed by atoms with Crippen molar-refractivity contribution in [2.45, 2.75) is 6.04 Å². The van der Waals surface area contributed by atoms with E-state index < -0.39 is 0 Å². The van der Waals surface area contributed by atoms with E-state index in [1.54, 1.807) is 0 Å². The lowest BCUT2D eigenvalue weighted by molar-refractivity contribution is -0.133. The molecular formula is C8H13N3O2S. The Bertz CT molecular complexity index is 253. The zero-order chi connectivity index (χ0) is 9.97. The minimum absolute atomic E-state index is 0.0600. The van der Waals surface area contributed by atoms with Crippen molar-refractivity contribution in [1.82, 2.24) is 15.5 Å². The number of nitrogens with one attached hydrogen (secondary N) is 2. The number of hydrogen-bond donors (Lipinski definition) is 2. The highest BCUT2D eigenvalue weighted by molar-refractivity contribution is 8.14. The molecule has 2 aliphatic heterocycles. The summed E-state index contributed by atoms with van der Waals surface area (Å²) in [5, 5.41) is 5.76. The summed E-state index contributed by atoms with van der Waals surface area (Å²) >= 11 is 1.18. The molecule has 2 heterocycles. The minimum Gasteiger partial charge on any atom is -0.338 e. The molecule has 0 aliphatic carbocycles. The van der Waals surface area contributed by atoms with E-state index in [0.29, 0.717) is 5.75 Å². The maximum Gasteiger partial charge on any atom is 0.279 e. The Kier molecular flexibility index (Phi) is 2.93. The summed E-state index contributed by atoms with van der Waals surface area (Å²) in [4.78, 5) is 24.5. The van der Waals surface area contributed by atoms with Crippen LogP contribution >= 0.6 is 11.8 Å². The standard InChI is InChI=1S/C8H13N3O2S/c12-7(6-5-14-8(13)10-6)11-3-1-9-2-4-11/h6,9H,1-5H2,(H,10,13). The molecule has 0 aromatic rings. The van der Waals surface area contributed by atoms with Gasteiger partial charge in [0, 0.05) is 31.9 Å². The summed E-state index contributed by atoms with van der Waals surface area (Å²) < 4.78 is 0. The van der Waals surface area contributed by atoms with E-state index in [4.69, 9.17) is 0 Å². The van der Waals surface area contributed by atoms with Gasteiger partial charge in [-0.05, 0) is 0 Å². The van der Waals surface area contributed by atoms with Crippen LogP contribution in [0.1, 0.15) is 0 Å². The third-order valence-electron chi connectivity index (χ3n) is 2.40. The largest absolute Gasteiger partial charge is 0.338 e. The monoisotopic (exact) mass is 215 g/mol. The molecule has 1 unspecified atom stereocenters. The highest BCUT2D eigenvalue weighted by Gasteiger charge is 2.31. The van der Waals surface area contributed by atoms with Crippen molar-refractivity contribution in [3.05, 3.63) is 0 Å². The fraction of sp³-hybridized carbons (Fsp3) is 0.750. The second kappa shape index (κ2) is 4.18. The molecule has 0 aromatic carbocycles. The van der Waals surface area contributed by atoms with Crippen molar-refractivity contribution in [3.8, 4) is 0 Å². The predicted molar refractivity (Wildman–Crippen MR) is 54.2 cm³/mol. The molecule has 1 atom stereocenters. The topological polar surface area (TPSA) is 61.4 Å². The van der Waals surface area contributed by atoms with Gasteiger partial charge in [0.05, 0.1) is 0 Å². The van der Waals surface area contributed by atoms with Crippen molar-refractivity contribution >= 4 is 22.9 Å². The van der Waals surface area contributed by atoms with Gasteiger partial charge in [-0.15, -0.1) is 0 Å². The first-order valence-electron chi connectivity index (χ1n) is 4.70. The molecule has 2 N–H and O–H groups in total. The third kappa shape index (κ3) is 2.01. The number of carbonyl (C=O) groups excluding carboxylic acids is 2. The number of hydrogen-bond acceptors (Lipinski definition) is 4. The molecule has 0 bridgehead atoms. The second-order valence-corrected chi connectivity index (χ2v) is 4.36. The van der Waals surface area contributed by atoms with Gasteiger partial charge in [-0.2, -0.15) is 0 Å². The zero-order valence-corrected chi connectivity index (χ0v) is 8.60. The van der Waals surface area contributed by atoms with Crippen molar-refractivity contribution < 1.29 is 9.59 Å². The number of thioether (sulfide) groups is 1. The van der Waals surface area contributed by atoms with Crippen LogP contribution < -0.4 is 10.6 Å². The number of nitrogens with zero attached hydrogens (tertiary/aromatic N) is 1. The van der Waals surface area contributed by atoms with Crippen LogP contribution in [-0.4, -0.2) is 54.0 Å². The van der Waals surface area contributed by atoms with Crippen molar-refractivity contribution in [3.63, 3.8) is 0 Å². The summed E-state index contributed by atoms with van der Waals surface area (Å²) in [7, 11) is 0. The summed E-state index contributed by atoms with van der Waals surface area (Å²) in [6.07, 6.45) is 0. The van der Waals surface area contributed by atoms with Crippen LogP contribution in [0.4, 0.5) is 4.79 Å². The van der Waals surface area contributed by atoms with Gasteiger partial charge in [-0.1, -0.05) is 11.8 Å². The SMILES string of the molecule is O=C1NC(C(=O)N2CCNCC2)CS1. The summed E-state index contributed by atoms with van der Waals surface area (Å²) in [6.45, 7) is 3.19. The molecule has 2 rings (SSSR count). The number of amides is 2. The Labute approximate surface area is 86.6 Å². The van der Waals surface area contributed by atoms with Crippen molar-refractivity contribution in [1.29, 1.82) is 0 Å². The Morgan fingerprint density at radius 1 is 1.43 bits per heavy atom. The minimum atomic E-state index is -0.300. The molecule has 5 nitrogen and oxygen atoms in total. The summed E-state index contributed by atoms with van der Waals surface area (Å²) in [6, 6.07) is -0.300. The van der Waals surface area contributed by atoms with Gasteiger partial charge in [0.25, 0.3) is 5.24 Å². The van der Waals surface area contributed by atoms with Crippen LogP contribution in [-0.2, 0) is 4.79 Å². The Morgan fingerprint density at radius 2 is 2.14 bits per heavy atom. The van der Waals surface area contributed by atoms with Gasteiger partial charge in [0.15, 0.2) is 0 Å². The highest BCUT2D eigenvalue weighted by Crippen LogP contribution is 2.14. The molecule has 0 aromatic heterocycles. The molecule has 14 heavy (non-hydrogen) atoms. The molecule has 2 saturated heterocycles. The quantitative estimate of drug-likeness (QED) is 0.604. The third-order valence-corrected chi connectivity index (χ3v) is 3.28. The fourth-order valence-electron chi connectivity index (χ4n) is 1.62. The molecule has 0 saturated carbocycles. The number of rotatable bonds is 1. The average molecular weight is 215 g/mol. The first kappa shape index (κ1) is 9.79. The van der Waals surface area contributed by atoms with E-state index in [-0.39, 0.29) is 17.2 Å². The predicted octanol–water partition coefficient (Wildman–Crippen LogP) is -0.757. The second-order valence-electron chi connectivity index (χ2n) is 3.37. The van der Waals surface area contributed by atoms with Crippen molar-refractivity contribution in [2.75, 3.05) is 31.9 Å². The smallest absolute Gasteiger partial charge is 0.279 e. The first-order chi connectivity index (χ1) is 6.77. The Morgan fingerprint density at radius 3 is 2.71 bits per heavy atom.